The maximum Gasteiger partial charge on any atom is 0.134 e. The molecule has 0 spiro atoms. The van der Waals surface area contributed by atoms with E-state index >= 15 is 0 Å². The molecule has 2 N–H and O–H groups in total. The molecule has 0 saturated heterocycles. The van der Waals surface area contributed by atoms with E-state index in [9.17, 15) is 0 Å². The average Bonchev–Trinajstić information content (AvgIpc) is 2.03. The zero-order chi connectivity index (χ0) is 9.84. The lowest BCUT2D eigenvalue weighted by atomic mass is 10.3. The first-order valence-electron chi connectivity index (χ1n) is 4.02. The van der Waals surface area contributed by atoms with E-state index in [1.54, 1.807) is 6.07 Å². The number of nitrogens with two attached hydrogens (primary N) is 1. The average molecular weight is 178 g/mol. The molecular formula is C9H14N4. The van der Waals surface area contributed by atoms with Crippen molar-refractivity contribution in [1.82, 2.24) is 9.97 Å². The molecule has 0 amide bonds. The van der Waals surface area contributed by atoms with Crippen molar-refractivity contribution in [3.63, 3.8) is 0 Å². The van der Waals surface area contributed by atoms with Crippen LogP contribution in [0.25, 0.3) is 0 Å². The van der Waals surface area contributed by atoms with Gasteiger partial charge in [-0.05, 0) is 6.92 Å². The highest BCUT2D eigenvalue weighted by molar-refractivity contribution is 5.45. The minimum absolute atomic E-state index is 0.485. The van der Waals surface area contributed by atoms with E-state index in [0.717, 1.165) is 17.9 Å². The minimum Gasteiger partial charge on any atom is -0.384 e. The Labute approximate surface area is 78.1 Å². The van der Waals surface area contributed by atoms with Crippen LogP contribution in [0.15, 0.2) is 24.5 Å². The quantitative estimate of drug-likeness (QED) is 0.703. The Bertz CT molecular complexity index is 308. The molecule has 0 aliphatic rings. The Morgan fingerprint density at radius 3 is 2.85 bits per heavy atom. The van der Waals surface area contributed by atoms with Crippen LogP contribution in [0.4, 0.5) is 11.6 Å². The van der Waals surface area contributed by atoms with E-state index in [0.29, 0.717) is 5.82 Å². The van der Waals surface area contributed by atoms with Crippen molar-refractivity contribution in [2.24, 2.45) is 0 Å². The second-order valence-electron chi connectivity index (χ2n) is 3.11. The molecule has 4 nitrogen and oxygen atoms in total. The molecule has 0 fully saturated rings. The van der Waals surface area contributed by atoms with Gasteiger partial charge < -0.3 is 10.6 Å². The standard InChI is InChI=1S/C9H14N4/c1-7(2)5-13(3)9-4-8(10)11-6-12-9/h4,6H,1,5H2,2-3H3,(H2,10,11,12). The van der Waals surface area contributed by atoms with Crippen LogP contribution in [-0.2, 0) is 0 Å². The van der Waals surface area contributed by atoms with Gasteiger partial charge in [0.1, 0.15) is 18.0 Å². The molecule has 0 radical (unpaired) electrons. The lowest BCUT2D eigenvalue weighted by molar-refractivity contribution is 0.945. The van der Waals surface area contributed by atoms with E-state index in [1.807, 2.05) is 18.9 Å². The summed E-state index contributed by atoms with van der Waals surface area (Å²) in [6.07, 6.45) is 1.46. The molecule has 0 aromatic carbocycles. The van der Waals surface area contributed by atoms with E-state index in [4.69, 9.17) is 5.73 Å². The van der Waals surface area contributed by atoms with Crippen molar-refractivity contribution in [1.29, 1.82) is 0 Å². The van der Waals surface area contributed by atoms with E-state index < -0.39 is 0 Å². The van der Waals surface area contributed by atoms with Crippen LogP contribution in [-0.4, -0.2) is 23.6 Å². The summed E-state index contributed by atoms with van der Waals surface area (Å²) in [7, 11) is 1.94. The Kier molecular flexibility index (Phi) is 2.84. The maximum absolute atomic E-state index is 5.53. The van der Waals surface area contributed by atoms with Gasteiger partial charge in [-0.3, -0.25) is 0 Å². The van der Waals surface area contributed by atoms with E-state index in [2.05, 4.69) is 16.5 Å². The first kappa shape index (κ1) is 9.51. The Morgan fingerprint density at radius 2 is 2.31 bits per heavy atom. The van der Waals surface area contributed by atoms with Crippen molar-refractivity contribution >= 4 is 11.6 Å². The van der Waals surface area contributed by atoms with Crippen molar-refractivity contribution in [3.8, 4) is 0 Å². The van der Waals surface area contributed by atoms with Gasteiger partial charge in [0.05, 0.1) is 0 Å². The summed E-state index contributed by atoms with van der Waals surface area (Å²) in [4.78, 5) is 9.88. The fourth-order valence-corrected chi connectivity index (χ4v) is 1.06. The molecule has 13 heavy (non-hydrogen) atoms. The molecule has 4 heteroatoms. The van der Waals surface area contributed by atoms with Crippen LogP contribution < -0.4 is 10.6 Å². The van der Waals surface area contributed by atoms with Crippen molar-refractivity contribution in [3.05, 3.63) is 24.5 Å². The summed E-state index contributed by atoms with van der Waals surface area (Å²) >= 11 is 0. The predicted molar refractivity (Wildman–Crippen MR) is 54.5 cm³/mol. The topological polar surface area (TPSA) is 55.0 Å². The van der Waals surface area contributed by atoms with Gasteiger partial charge in [0, 0.05) is 19.7 Å². The monoisotopic (exact) mass is 178 g/mol. The van der Waals surface area contributed by atoms with E-state index in [1.165, 1.54) is 6.33 Å². The summed E-state index contributed by atoms with van der Waals surface area (Å²) in [5.41, 5.74) is 6.61. The molecule has 0 bridgehead atoms. The Balaban J connectivity index is 2.76. The van der Waals surface area contributed by atoms with Gasteiger partial charge in [0.25, 0.3) is 0 Å². The zero-order valence-corrected chi connectivity index (χ0v) is 7.99. The van der Waals surface area contributed by atoms with Crippen LogP contribution in [0.5, 0.6) is 0 Å². The van der Waals surface area contributed by atoms with Gasteiger partial charge in [0.15, 0.2) is 0 Å². The SMILES string of the molecule is C=C(C)CN(C)c1cc(N)ncn1. The van der Waals surface area contributed by atoms with Gasteiger partial charge >= 0.3 is 0 Å². The number of aromatic nitrogens is 2. The van der Waals surface area contributed by atoms with Crippen LogP contribution in [0, 0.1) is 0 Å². The molecule has 1 heterocycles. The maximum atomic E-state index is 5.53. The molecule has 0 saturated carbocycles. The minimum atomic E-state index is 0.485. The molecule has 0 aliphatic carbocycles. The number of hydrogen-bond donors (Lipinski definition) is 1. The highest BCUT2D eigenvalue weighted by Crippen LogP contribution is 2.10. The summed E-state index contributed by atoms with van der Waals surface area (Å²) in [5.74, 6) is 1.30. The van der Waals surface area contributed by atoms with Crippen molar-refractivity contribution in [2.45, 2.75) is 6.92 Å². The smallest absolute Gasteiger partial charge is 0.134 e. The molecular weight excluding hydrogens is 164 g/mol. The third kappa shape index (κ3) is 2.74. The first-order valence-corrected chi connectivity index (χ1v) is 4.02. The van der Waals surface area contributed by atoms with Crippen molar-refractivity contribution in [2.75, 3.05) is 24.2 Å². The van der Waals surface area contributed by atoms with Crippen molar-refractivity contribution < 1.29 is 0 Å². The molecule has 1 rings (SSSR count). The van der Waals surface area contributed by atoms with Crippen LogP contribution in [0.1, 0.15) is 6.92 Å². The fraction of sp³-hybridized carbons (Fsp3) is 0.333. The van der Waals surface area contributed by atoms with Gasteiger partial charge in [-0.25, -0.2) is 9.97 Å². The van der Waals surface area contributed by atoms with Gasteiger partial charge in [0.2, 0.25) is 0 Å². The number of nitrogens with zero attached hydrogens (tertiary/aromatic N) is 3. The summed E-state index contributed by atoms with van der Waals surface area (Å²) in [6.45, 7) is 6.57. The summed E-state index contributed by atoms with van der Waals surface area (Å²) < 4.78 is 0. The highest BCUT2D eigenvalue weighted by Gasteiger charge is 2.02. The second kappa shape index (κ2) is 3.89. The Hall–Kier alpha value is -1.58. The molecule has 1 aromatic rings. The Morgan fingerprint density at radius 1 is 1.62 bits per heavy atom. The second-order valence-corrected chi connectivity index (χ2v) is 3.11. The molecule has 0 atom stereocenters. The normalized spacial score (nSPS) is 9.69. The number of anilines is 2. The van der Waals surface area contributed by atoms with Gasteiger partial charge in [-0.15, -0.1) is 0 Å². The third-order valence-electron chi connectivity index (χ3n) is 1.57. The largest absolute Gasteiger partial charge is 0.384 e. The molecule has 70 valence electrons. The van der Waals surface area contributed by atoms with Crippen LogP contribution >= 0.6 is 0 Å². The third-order valence-corrected chi connectivity index (χ3v) is 1.57. The lowest BCUT2D eigenvalue weighted by Gasteiger charge is -2.17. The molecule has 0 unspecified atom stereocenters. The van der Waals surface area contributed by atoms with Gasteiger partial charge in [-0.2, -0.15) is 0 Å². The highest BCUT2D eigenvalue weighted by atomic mass is 15.2. The summed E-state index contributed by atoms with van der Waals surface area (Å²) in [6, 6.07) is 1.74. The first-order chi connectivity index (χ1) is 6.09. The number of hydrogen-bond acceptors (Lipinski definition) is 4. The number of likely N-dealkylation sites (N-methyl/N-ethyl adjacent to an activating group) is 1. The number of rotatable bonds is 3. The molecule has 1 aromatic heterocycles. The summed E-state index contributed by atoms with van der Waals surface area (Å²) in [5, 5.41) is 0. The predicted octanol–water partition coefficient (Wildman–Crippen LogP) is 1.07. The van der Waals surface area contributed by atoms with Crippen LogP contribution in [0.3, 0.4) is 0 Å². The molecule has 0 aliphatic heterocycles. The van der Waals surface area contributed by atoms with E-state index in [-0.39, 0.29) is 0 Å². The fourth-order valence-electron chi connectivity index (χ4n) is 1.06. The lowest BCUT2D eigenvalue weighted by Crippen LogP contribution is -2.20. The van der Waals surface area contributed by atoms with Crippen LogP contribution in [0.2, 0.25) is 0 Å². The van der Waals surface area contributed by atoms with Gasteiger partial charge in [-0.1, -0.05) is 12.2 Å². The number of nitrogen functional groups attached to an aromatic ring is 1. The zero-order valence-electron chi connectivity index (χ0n) is 7.99.